The van der Waals surface area contributed by atoms with E-state index in [0.29, 0.717) is 28.6 Å². The Morgan fingerprint density at radius 2 is 1.63 bits per heavy atom. The summed E-state index contributed by atoms with van der Waals surface area (Å²) in [6.45, 7) is 6.33. The number of halogens is 2. The number of hydrogen-bond acceptors (Lipinski definition) is 2. The Labute approximate surface area is 218 Å². The fraction of sp³-hybridized carbons (Fsp3) is 0.310. The first-order valence-corrected chi connectivity index (χ1v) is 12.7. The third kappa shape index (κ3) is 7.58. The Bertz CT molecular complexity index is 1150. The molecule has 2 atom stereocenters. The van der Waals surface area contributed by atoms with Crippen LogP contribution in [0.25, 0.3) is 0 Å². The quantitative estimate of drug-likeness (QED) is 0.343. The lowest BCUT2D eigenvalue weighted by molar-refractivity contribution is -0.141. The number of carbonyl (C=O) groups excluding carboxylic acids is 2. The number of hydrogen-bond donors (Lipinski definition) is 1. The van der Waals surface area contributed by atoms with E-state index in [4.69, 9.17) is 23.2 Å². The van der Waals surface area contributed by atoms with Crippen LogP contribution in [0.1, 0.15) is 42.5 Å². The summed E-state index contributed by atoms with van der Waals surface area (Å²) in [5.41, 5.74) is 3.73. The summed E-state index contributed by atoms with van der Waals surface area (Å²) in [6, 6.07) is 22.2. The molecule has 0 heterocycles. The van der Waals surface area contributed by atoms with E-state index in [2.05, 4.69) is 5.32 Å². The smallest absolute Gasteiger partial charge is 0.243 e. The van der Waals surface area contributed by atoms with Crippen LogP contribution in [0, 0.1) is 6.92 Å². The average Bonchev–Trinajstić information content (AvgIpc) is 2.84. The molecular weight excluding hydrogens is 479 g/mol. The lowest BCUT2D eigenvalue weighted by Crippen LogP contribution is -2.52. The molecule has 0 aliphatic carbocycles. The van der Waals surface area contributed by atoms with Crippen LogP contribution in [0.2, 0.25) is 10.0 Å². The van der Waals surface area contributed by atoms with Gasteiger partial charge in [-0.25, -0.2) is 0 Å². The van der Waals surface area contributed by atoms with Gasteiger partial charge in [0.1, 0.15) is 6.04 Å². The zero-order valence-corrected chi connectivity index (χ0v) is 21.9. The predicted molar refractivity (Wildman–Crippen MR) is 144 cm³/mol. The van der Waals surface area contributed by atoms with Crippen LogP contribution in [-0.2, 0) is 29.0 Å². The summed E-state index contributed by atoms with van der Waals surface area (Å²) >= 11 is 12.4. The van der Waals surface area contributed by atoms with Crippen LogP contribution in [0.15, 0.2) is 72.8 Å². The van der Waals surface area contributed by atoms with Crippen LogP contribution < -0.4 is 5.32 Å². The molecular formula is C29H32Cl2N2O2. The van der Waals surface area contributed by atoms with Crippen molar-refractivity contribution in [2.24, 2.45) is 0 Å². The van der Waals surface area contributed by atoms with E-state index in [1.807, 2.05) is 75.4 Å². The molecule has 4 nitrogen and oxygen atoms in total. The van der Waals surface area contributed by atoms with Crippen LogP contribution in [0.4, 0.5) is 0 Å². The van der Waals surface area contributed by atoms with E-state index in [1.54, 1.807) is 23.1 Å². The largest absolute Gasteiger partial charge is 0.352 e. The van der Waals surface area contributed by atoms with Gasteiger partial charge in [-0.05, 0) is 54.7 Å². The van der Waals surface area contributed by atoms with Crippen molar-refractivity contribution in [2.45, 2.75) is 58.7 Å². The minimum Gasteiger partial charge on any atom is -0.352 e. The Morgan fingerprint density at radius 3 is 2.29 bits per heavy atom. The maximum atomic E-state index is 13.8. The number of benzene rings is 3. The summed E-state index contributed by atoms with van der Waals surface area (Å²) in [5.74, 6) is -0.329. The van der Waals surface area contributed by atoms with Gasteiger partial charge < -0.3 is 10.2 Å². The van der Waals surface area contributed by atoms with Gasteiger partial charge in [-0.2, -0.15) is 0 Å². The SMILES string of the molecule is CC[C@@H](C)NC(=O)[C@H](Cc1ccccc1)N(Cc1ccccc1C)C(=O)Cc1ccc(Cl)cc1Cl. The van der Waals surface area contributed by atoms with E-state index in [9.17, 15) is 9.59 Å². The summed E-state index contributed by atoms with van der Waals surface area (Å²) < 4.78 is 0. The molecule has 0 saturated heterocycles. The first-order chi connectivity index (χ1) is 16.8. The predicted octanol–water partition coefficient (Wildman–Crippen LogP) is 6.40. The van der Waals surface area contributed by atoms with Crippen molar-refractivity contribution in [1.82, 2.24) is 10.2 Å². The molecule has 0 fully saturated rings. The maximum absolute atomic E-state index is 13.8. The Kier molecular flexibility index (Phi) is 9.76. The molecule has 0 spiro atoms. The topological polar surface area (TPSA) is 49.4 Å². The van der Waals surface area contributed by atoms with Crippen LogP contribution in [0.3, 0.4) is 0 Å². The summed E-state index contributed by atoms with van der Waals surface area (Å²) in [5, 5.41) is 4.04. The minimum absolute atomic E-state index is 0.00176. The molecule has 0 saturated carbocycles. The van der Waals surface area contributed by atoms with Gasteiger partial charge in [0.25, 0.3) is 0 Å². The number of nitrogens with one attached hydrogen (secondary N) is 1. The molecule has 0 aliphatic heterocycles. The second-order valence-corrected chi connectivity index (χ2v) is 9.73. The molecule has 0 unspecified atom stereocenters. The lowest BCUT2D eigenvalue weighted by atomic mass is 10.00. The Hall–Kier alpha value is -2.82. The second-order valence-electron chi connectivity index (χ2n) is 8.88. The van der Waals surface area contributed by atoms with Gasteiger partial charge >= 0.3 is 0 Å². The van der Waals surface area contributed by atoms with Crippen molar-refractivity contribution in [1.29, 1.82) is 0 Å². The fourth-order valence-corrected chi connectivity index (χ4v) is 4.37. The summed E-state index contributed by atoms with van der Waals surface area (Å²) in [7, 11) is 0. The van der Waals surface area contributed by atoms with Crippen molar-refractivity contribution in [3.8, 4) is 0 Å². The highest BCUT2D eigenvalue weighted by Gasteiger charge is 2.31. The Morgan fingerprint density at radius 1 is 0.943 bits per heavy atom. The molecule has 0 bridgehead atoms. The first kappa shape index (κ1) is 26.8. The molecule has 6 heteroatoms. The zero-order chi connectivity index (χ0) is 25.4. The van der Waals surface area contributed by atoms with Gasteiger partial charge in [-0.15, -0.1) is 0 Å². The maximum Gasteiger partial charge on any atom is 0.243 e. The van der Waals surface area contributed by atoms with Crippen LogP contribution in [-0.4, -0.2) is 28.8 Å². The molecule has 1 N–H and O–H groups in total. The molecule has 0 aliphatic rings. The standard InChI is InChI=1S/C29H32Cl2N2O2/c1-4-21(3)32-29(35)27(16-22-11-6-5-7-12-22)33(19-24-13-9-8-10-20(24)2)28(34)17-23-14-15-25(30)18-26(23)31/h5-15,18,21,27H,4,16-17,19H2,1-3H3,(H,32,35)/t21-,27+/m1/s1. The van der Waals surface area contributed by atoms with Crippen molar-refractivity contribution >= 4 is 35.0 Å². The molecule has 35 heavy (non-hydrogen) atoms. The van der Waals surface area contributed by atoms with Crippen molar-refractivity contribution in [3.63, 3.8) is 0 Å². The Balaban J connectivity index is 2.00. The monoisotopic (exact) mass is 510 g/mol. The molecule has 0 aromatic heterocycles. The highest BCUT2D eigenvalue weighted by Crippen LogP contribution is 2.24. The lowest BCUT2D eigenvalue weighted by Gasteiger charge is -2.33. The highest BCUT2D eigenvalue weighted by molar-refractivity contribution is 6.35. The molecule has 0 radical (unpaired) electrons. The third-order valence-corrected chi connectivity index (χ3v) is 6.82. The van der Waals surface area contributed by atoms with Gasteiger partial charge in [0, 0.05) is 29.1 Å². The zero-order valence-electron chi connectivity index (χ0n) is 20.4. The molecule has 2 amide bonds. The first-order valence-electron chi connectivity index (χ1n) is 11.9. The molecule has 3 aromatic carbocycles. The van der Waals surface area contributed by atoms with E-state index < -0.39 is 6.04 Å². The van der Waals surface area contributed by atoms with Gasteiger partial charge in [0.2, 0.25) is 11.8 Å². The number of rotatable bonds is 10. The van der Waals surface area contributed by atoms with Crippen molar-refractivity contribution in [3.05, 3.63) is 105 Å². The molecule has 184 valence electrons. The van der Waals surface area contributed by atoms with E-state index >= 15 is 0 Å². The van der Waals surface area contributed by atoms with E-state index in [-0.39, 0.29) is 24.3 Å². The van der Waals surface area contributed by atoms with E-state index in [0.717, 1.165) is 23.1 Å². The fourth-order valence-electron chi connectivity index (χ4n) is 3.90. The molecule has 3 rings (SSSR count). The van der Waals surface area contributed by atoms with Crippen LogP contribution in [0.5, 0.6) is 0 Å². The number of nitrogens with zero attached hydrogens (tertiary/aromatic N) is 1. The normalized spacial score (nSPS) is 12.6. The van der Waals surface area contributed by atoms with Gasteiger partial charge in [0.15, 0.2) is 0 Å². The van der Waals surface area contributed by atoms with E-state index in [1.165, 1.54) is 0 Å². The minimum atomic E-state index is -0.676. The van der Waals surface area contributed by atoms with Gasteiger partial charge in [0.05, 0.1) is 6.42 Å². The van der Waals surface area contributed by atoms with Crippen LogP contribution >= 0.6 is 23.2 Å². The third-order valence-electron chi connectivity index (χ3n) is 6.23. The number of aryl methyl sites for hydroxylation is 1. The molecule has 3 aromatic rings. The van der Waals surface area contributed by atoms with Crippen molar-refractivity contribution < 1.29 is 9.59 Å². The second kappa shape index (κ2) is 12.8. The van der Waals surface area contributed by atoms with Gasteiger partial charge in [-0.1, -0.05) is 90.8 Å². The average molecular weight is 511 g/mol. The number of carbonyl (C=O) groups is 2. The highest BCUT2D eigenvalue weighted by atomic mass is 35.5. The van der Waals surface area contributed by atoms with Crippen molar-refractivity contribution in [2.75, 3.05) is 0 Å². The summed E-state index contributed by atoms with van der Waals surface area (Å²) in [6.07, 6.45) is 1.29. The summed E-state index contributed by atoms with van der Waals surface area (Å²) in [4.78, 5) is 29.1. The number of amides is 2. The van der Waals surface area contributed by atoms with Gasteiger partial charge in [-0.3, -0.25) is 9.59 Å².